The van der Waals surface area contributed by atoms with Gasteiger partial charge in [-0.3, -0.25) is 4.79 Å². The van der Waals surface area contributed by atoms with Gasteiger partial charge in [-0.05, 0) is 64.3 Å². The number of carbonyl (C=O) groups excluding carboxylic acids is 1. The van der Waals surface area contributed by atoms with Crippen molar-refractivity contribution in [2.24, 2.45) is 5.73 Å². The fourth-order valence-electron chi connectivity index (χ4n) is 2.60. The van der Waals surface area contributed by atoms with Gasteiger partial charge in [0.15, 0.2) is 0 Å². The largest absolute Gasteiger partial charge is 0.460 e. The van der Waals surface area contributed by atoms with E-state index in [1.807, 2.05) is 46.8 Å². The maximum atomic E-state index is 11.6. The highest BCUT2D eigenvalue weighted by atomic mass is 35.5. The third-order valence-electron chi connectivity index (χ3n) is 4.17. The number of halogens is 1. The molecule has 2 aromatic rings. The van der Waals surface area contributed by atoms with Crippen molar-refractivity contribution in [2.45, 2.75) is 59.6 Å². The summed E-state index contributed by atoms with van der Waals surface area (Å²) in [5, 5.41) is 17.5. The Morgan fingerprint density at radius 2 is 1.44 bits per heavy atom. The van der Waals surface area contributed by atoms with E-state index in [0.717, 1.165) is 22.5 Å². The number of esters is 1. The molecule has 0 saturated carbocycles. The Morgan fingerprint density at radius 1 is 1.00 bits per heavy atom. The molecule has 10 heteroatoms. The number of anilines is 2. The number of nitriles is 2. The van der Waals surface area contributed by atoms with Crippen LogP contribution in [0.25, 0.3) is 0 Å². The van der Waals surface area contributed by atoms with Crippen LogP contribution >= 0.6 is 12.4 Å². The van der Waals surface area contributed by atoms with Gasteiger partial charge in [0.2, 0.25) is 0 Å². The molecule has 0 amide bonds. The molecule has 0 atom stereocenters. The van der Waals surface area contributed by atoms with Gasteiger partial charge >= 0.3 is 5.97 Å². The quantitative estimate of drug-likeness (QED) is 0.579. The maximum Gasteiger partial charge on any atom is 0.306 e. The highest BCUT2D eigenvalue weighted by Gasteiger charge is 2.16. The number of nitrogen functional groups attached to an aromatic ring is 2. The first-order valence-electron chi connectivity index (χ1n) is 9.65. The van der Waals surface area contributed by atoms with E-state index in [0.29, 0.717) is 24.1 Å². The molecule has 2 rings (SSSR count). The molecule has 2 aromatic heterocycles. The van der Waals surface area contributed by atoms with Gasteiger partial charge in [0, 0.05) is 24.4 Å². The lowest BCUT2D eigenvalue weighted by Crippen LogP contribution is -2.24. The molecule has 172 valence electrons. The first-order chi connectivity index (χ1) is 14.4. The molecular formula is C22H30ClN7O2. The first-order valence-corrected chi connectivity index (χ1v) is 9.65. The second-order valence-electron chi connectivity index (χ2n) is 7.85. The van der Waals surface area contributed by atoms with Crippen LogP contribution in [0.4, 0.5) is 11.6 Å². The highest BCUT2D eigenvalue weighted by Crippen LogP contribution is 2.17. The minimum Gasteiger partial charge on any atom is -0.460 e. The standard InChI is InChI=1S/C14H19N3O2.C8H10N4.ClH/c1-9-10(7-11(8-15)13(16)17-9)5-6-12(18)19-14(2,3)4;1-5-6(3-9)2-7(4-10)8(11)12-5;/h7H,5-6H2,1-4H3,(H2,16,17);2H,3,9H2,1H3,(H2,11,12);1H. The van der Waals surface area contributed by atoms with Crippen LogP contribution in [-0.2, 0) is 22.5 Å². The average molecular weight is 460 g/mol. The van der Waals surface area contributed by atoms with Crippen LogP contribution in [0, 0.1) is 36.5 Å². The van der Waals surface area contributed by atoms with E-state index in [4.69, 9.17) is 32.5 Å². The van der Waals surface area contributed by atoms with Crippen LogP contribution in [0.1, 0.15) is 60.8 Å². The number of hydrogen-bond donors (Lipinski definition) is 3. The Balaban J connectivity index is 0.000000639. The fourth-order valence-corrected chi connectivity index (χ4v) is 2.60. The molecule has 0 saturated heterocycles. The number of aromatic nitrogens is 2. The zero-order chi connectivity index (χ0) is 23.8. The Morgan fingerprint density at radius 3 is 1.84 bits per heavy atom. The summed E-state index contributed by atoms with van der Waals surface area (Å²) in [4.78, 5) is 19.7. The zero-order valence-corrected chi connectivity index (χ0v) is 19.8. The van der Waals surface area contributed by atoms with Crippen molar-refractivity contribution < 1.29 is 9.53 Å². The summed E-state index contributed by atoms with van der Waals surface area (Å²) < 4.78 is 5.23. The fraction of sp³-hybridized carbons (Fsp3) is 0.409. The van der Waals surface area contributed by atoms with Crippen LogP contribution in [-0.4, -0.2) is 21.5 Å². The lowest BCUT2D eigenvalue weighted by Gasteiger charge is -2.19. The van der Waals surface area contributed by atoms with Crippen LogP contribution in [0.2, 0.25) is 0 Å². The van der Waals surface area contributed by atoms with Crippen molar-refractivity contribution in [3.8, 4) is 12.1 Å². The van der Waals surface area contributed by atoms with Gasteiger partial charge in [0.25, 0.3) is 0 Å². The smallest absolute Gasteiger partial charge is 0.306 e. The number of hydrogen-bond acceptors (Lipinski definition) is 9. The molecular weight excluding hydrogens is 430 g/mol. The summed E-state index contributed by atoms with van der Waals surface area (Å²) in [6, 6.07) is 7.30. The summed E-state index contributed by atoms with van der Waals surface area (Å²) in [7, 11) is 0. The number of ether oxygens (including phenoxy) is 1. The summed E-state index contributed by atoms with van der Waals surface area (Å²) in [5.41, 5.74) is 20.0. The van der Waals surface area contributed by atoms with Gasteiger partial charge in [0.1, 0.15) is 29.4 Å². The third-order valence-corrected chi connectivity index (χ3v) is 4.17. The molecule has 6 N–H and O–H groups in total. The van der Waals surface area contributed by atoms with Crippen molar-refractivity contribution in [1.82, 2.24) is 9.97 Å². The van der Waals surface area contributed by atoms with Gasteiger partial charge in [0.05, 0.1) is 11.1 Å². The topological polar surface area (TPSA) is 178 Å². The van der Waals surface area contributed by atoms with Crippen LogP contribution in [0.5, 0.6) is 0 Å². The van der Waals surface area contributed by atoms with Crippen LogP contribution in [0.3, 0.4) is 0 Å². The van der Waals surface area contributed by atoms with E-state index in [1.165, 1.54) is 0 Å². The molecule has 32 heavy (non-hydrogen) atoms. The SMILES string of the molecule is Cc1nc(N)c(C#N)cc1CCC(=O)OC(C)(C)C.Cc1nc(N)c(C#N)cc1CN.Cl. The van der Waals surface area contributed by atoms with Crippen molar-refractivity contribution in [3.05, 3.63) is 45.8 Å². The minimum absolute atomic E-state index is 0. The molecule has 2 heterocycles. The monoisotopic (exact) mass is 459 g/mol. The second-order valence-corrected chi connectivity index (χ2v) is 7.85. The maximum absolute atomic E-state index is 11.6. The van der Waals surface area contributed by atoms with Crippen molar-refractivity contribution in [2.75, 3.05) is 11.5 Å². The first kappa shape index (κ1) is 28.6. The lowest BCUT2D eigenvalue weighted by atomic mass is 10.1. The van der Waals surface area contributed by atoms with Gasteiger partial charge in [-0.1, -0.05) is 0 Å². The Kier molecular flexibility index (Phi) is 11.1. The second kappa shape index (κ2) is 12.5. The number of aryl methyl sites for hydroxylation is 3. The lowest BCUT2D eigenvalue weighted by molar-refractivity contribution is -0.154. The number of pyridine rings is 2. The summed E-state index contributed by atoms with van der Waals surface area (Å²) in [6.45, 7) is 9.49. The molecule has 0 fully saturated rings. The molecule has 0 aliphatic heterocycles. The van der Waals surface area contributed by atoms with E-state index in [1.54, 1.807) is 12.1 Å². The molecule has 0 aliphatic carbocycles. The van der Waals surface area contributed by atoms with E-state index in [9.17, 15) is 4.79 Å². The number of nitrogens with zero attached hydrogens (tertiary/aromatic N) is 4. The van der Waals surface area contributed by atoms with Crippen molar-refractivity contribution in [1.29, 1.82) is 10.5 Å². The number of carbonyl (C=O) groups is 1. The summed E-state index contributed by atoms with van der Waals surface area (Å²) in [6.07, 6.45) is 0.747. The molecule has 9 nitrogen and oxygen atoms in total. The molecule has 0 unspecified atom stereocenters. The Bertz CT molecular complexity index is 1030. The van der Waals surface area contributed by atoms with Gasteiger partial charge in [-0.2, -0.15) is 10.5 Å². The molecule has 0 aromatic carbocycles. The molecule has 0 radical (unpaired) electrons. The number of nitrogens with two attached hydrogens (primary N) is 3. The van der Waals surface area contributed by atoms with Crippen molar-refractivity contribution >= 4 is 30.0 Å². The van der Waals surface area contributed by atoms with Gasteiger partial charge in [-0.15, -0.1) is 12.4 Å². The highest BCUT2D eigenvalue weighted by molar-refractivity contribution is 5.85. The third kappa shape index (κ3) is 8.76. The summed E-state index contributed by atoms with van der Waals surface area (Å²) >= 11 is 0. The zero-order valence-electron chi connectivity index (χ0n) is 19.0. The minimum atomic E-state index is -0.483. The average Bonchev–Trinajstić information content (AvgIpc) is 2.67. The van der Waals surface area contributed by atoms with Crippen molar-refractivity contribution in [3.63, 3.8) is 0 Å². The van der Waals surface area contributed by atoms with Crippen LogP contribution in [0.15, 0.2) is 12.1 Å². The van der Waals surface area contributed by atoms with E-state index in [-0.39, 0.29) is 36.4 Å². The summed E-state index contributed by atoms with van der Waals surface area (Å²) in [5.74, 6) is 0.232. The van der Waals surface area contributed by atoms with Gasteiger partial charge in [-0.25, -0.2) is 9.97 Å². The molecule has 0 bridgehead atoms. The van der Waals surface area contributed by atoms with E-state index >= 15 is 0 Å². The van der Waals surface area contributed by atoms with Crippen LogP contribution < -0.4 is 17.2 Å². The van der Waals surface area contributed by atoms with E-state index < -0.39 is 5.60 Å². The van der Waals surface area contributed by atoms with Gasteiger partial charge < -0.3 is 21.9 Å². The molecule has 0 aliphatic rings. The van der Waals surface area contributed by atoms with E-state index in [2.05, 4.69) is 9.97 Å². The normalized spacial score (nSPS) is 10.0. The molecule has 0 spiro atoms. The Hall–Kier alpha value is -3.40. The predicted molar refractivity (Wildman–Crippen MR) is 126 cm³/mol. The number of rotatable bonds is 4. The predicted octanol–water partition coefficient (Wildman–Crippen LogP) is 2.84. The Labute approximate surface area is 195 Å².